The lowest BCUT2D eigenvalue weighted by molar-refractivity contribution is -0.157. The van der Waals surface area contributed by atoms with Crippen LogP contribution in [0.25, 0.3) is 0 Å². The largest absolute Gasteiger partial charge is 0.480 e. The average molecular weight is 368 g/mol. The van der Waals surface area contributed by atoms with E-state index in [0.29, 0.717) is 25.8 Å². The minimum atomic E-state index is -1.05. The maximum atomic E-state index is 12.8. The van der Waals surface area contributed by atoms with Crippen molar-refractivity contribution in [2.45, 2.75) is 45.1 Å². The Balaban J connectivity index is 2.17. The first-order valence-electron chi connectivity index (χ1n) is 7.68. The predicted octanol–water partition coefficient (Wildman–Crippen LogP) is 3.48. The maximum absolute atomic E-state index is 12.8. The normalized spacial score (nSPS) is 22.6. The highest BCUT2D eigenvalue weighted by Gasteiger charge is 2.46. The third-order valence-electron chi connectivity index (χ3n) is 4.58. The molecule has 1 aromatic carbocycles. The molecule has 4 nitrogen and oxygen atoms in total. The van der Waals surface area contributed by atoms with E-state index in [2.05, 4.69) is 15.9 Å². The molecule has 1 aliphatic rings. The van der Waals surface area contributed by atoms with Crippen LogP contribution >= 0.6 is 15.9 Å². The van der Waals surface area contributed by atoms with Gasteiger partial charge < -0.3 is 10.0 Å². The zero-order valence-corrected chi connectivity index (χ0v) is 14.6. The standard InChI is InChI=1S/C17H22BrNO3/c1-3-13(10-12-6-4-7-14(18)11-12)15(20)19-9-5-8-17(19,2)16(21)22/h4,6-7,11,13H,3,5,8-10H2,1-2H3,(H,21,22). The fraction of sp³-hybridized carbons (Fsp3) is 0.529. The van der Waals surface area contributed by atoms with E-state index in [1.165, 1.54) is 0 Å². The molecule has 0 saturated carbocycles. The molecule has 1 aromatic rings. The molecule has 0 radical (unpaired) electrons. The number of hydrogen-bond donors (Lipinski definition) is 1. The van der Waals surface area contributed by atoms with Crippen LogP contribution in [-0.4, -0.2) is 34.0 Å². The van der Waals surface area contributed by atoms with E-state index in [4.69, 9.17) is 0 Å². The van der Waals surface area contributed by atoms with Crippen LogP contribution in [0.1, 0.15) is 38.7 Å². The molecule has 5 heteroatoms. The Hall–Kier alpha value is -1.36. The molecule has 1 saturated heterocycles. The second kappa shape index (κ2) is 6.82. The Morgan fingerprint density at radius 1 is 1.45 bits per heavy atom. The molecule has 2 unspecified atom stereocenters. The third-order valence-corrected chi connectivity index (χ3v) is 5.07. The van der Waals surface area contributed by atoms with Crippen molar-refractivity contribution in [2.24, 2.45) is 5.92 Å². The highest BCUT2D eigenvalue weighted by molar-refractivity contribution is 9.10. The van der Waals surface area contributed by atoms with Gasteiger partial charge in [0.1, 0.15) is 5.54 Å². The van der Waals surface area contributed by atoms with E-state index in [1.807, 2.05) is 31.2 Å². The Labute approximate surface area is 139 Å². The van der Waals surface area contributed by atoms with Crippen LogP contribution in [0, 0.1) is 5.92 Å². The Kier molecular flexibility index (Phi) is 5.27. The summed E-state index contributed by atoms with van der Waals surface area (Å²) in [4.78, 5) is 26.0. The lowest BCUT2D eigenvalue weighted by atomic mass is 9.92. The summed E-state index contributed by atoms with van der Waals surface area (Å²) < 4.78 is 0.990. The molecule has 1 fully saturated rings. The summed E-state index contributed by atoms with van der Waals surface area (Å²) in [7, 11) is 0. The molecular weight excluding hydrogens is 346 g/mol. The number of likely N-dealkylation sites (tertiary alicyclic amines) is 1. The van der Waals surface area contributed by atoms with Gasteiger partial charge in [-0.1, -0.05) is 35.0 Å². The zero-order chi connectivity index (χ0) is 16.3. The molecule has 120 valence electrons. The van der Waals surface area contributed by atoms with Crippen molar-refractivity contribution < 1.29 is 14.7 Å². The highest BCUT2D eigenvalue weighted by Crippen LogP contribution is 2.32. The van der Waals surface area contributed by atoms with Gasteiger partial charge in [-0.15, -0.1) is 0 Å². The van der Waals surface area contributed by atoms with Gasteiger partial charge in [0.25, 0.3) is 0 Å². The fourth-order valence-electron chi connectivity index (χ4n) is 3.11. The minimum Gasteiger partial charge on any atom is -0.480 e. The number of rotatable bonds is 5. The molecular formula is C17H22BrNO3. The minimum absolute atomic E-state index is 0.0372. The Morgan fingerprint density at radius 2 is 2.18 bits per heavy atom. The van der Waals surface area contributed by atoms with Gasteiger partial charge in [0, 0.05) is 16.9 Å². The smallest absolute Gasteiger partial charge is 0.329 e. The van der Waals surface area contributed by atoms with Crippen LogP contribution in [0.3, 0.4) is 0 Å². The molecule has 2 rings (SSSR count). The van der Waals surface area contributed by atoms with Gasteiger partial charge in [0.2, 0.25) is 5.91 Å². The van der Waals surface area contributed by atoms with Crippen molar-refractivity contribution in [1.82, 2.24) is 4.90 Å². The fourth-order valence-corrected chi connectivity index (χ4v) is 3.56. The number of benzene rings is 1. The number of halogens is 1. The first-order chi connectivity index (χ1) is 10.4. The predicted molar refractivity (Wildman–Crippen MR) is 88.6 cm³/mol. The number of carbonyl (C=O) groups excluding carboxylic acids is 1. The lowest BCUT2D eigenvalue weighted by Gasteiger charge is -2.34. The Bertz CT molecular complexity index is 575. The van der Waals surface area contributed by atoms with Crippen LogP contribution in [0.5, 0.6) is 0 Å². The third kappa shape index (κ3) is 3.35. The summed E-state index contributed by atoms with van der Waals surface area (Å²) in [6, 6.07) is 7.92. The molecule has 0 aliphatic carbocycles. The van der Waals surface area contributed by atoms with E-state index in [9.17, 15) is 14.7 Å². The highest BCUT2D eigenvalue weighted by atomic mass is 79.9. The van der Waals surface area contributed by atoms with Crippen molar-refractivity contribution >= 4 is 27.8 Å². The molecule has 22 heavy (non-hydrogen) atoms. The van der Waals surface area contributed by atoms with Crippen molar-refractivity contribution in [3.05, 3.63) is 34.3 Å². The van der Waals surface area contributed by atoms with Gasteiger partial charge in [-0.2, -0.15) is 0 Å². The first kappa shape index (κ1) is 17.0. The van der Waals surface area contributed by atoms with Gasteiger partial charge in [0.05, 0.1) is 0 Å². The van der Waals surface area contributed by atoms with Crippen LogP contribution in [0.2, 0.25) is 0 Å². The average Bonchev–Trinajstić information content (AvgIpc) is 2.87. The van der Waals surface area contributed by atoms with Crippen LogP contribution in [0.15, 0.2) is 28.7 Å². The molecule has 1 N–H and O–H groups in total. The quantitative estimate of drug-likeness (QED) is 0.866. The van der Waals surface area contributed by atoms with Crippen molar-refractivity contribution in [3.8, 4) is 0 Å². The number of hydrogen-bond acceptors (Lipinski definition) is 2. The van der Waals surface area contributed by atoms with Crippen LogP contribution in [0.4, 0.5) is 0 Å². The molecule has 1 aliphatic heterocycles. The van der Waals surface area contributed by atoms with Crippen molar-refractivity contribution in [1.29, 1.82) is 0 Å². The SMILES string of the molecule is CCC(Cc1cccc(Br)c1)C(=O)N1CCCC1(C)C(=O)O. The molecule has 0 aromatic heterocycles. The second-order valence-electron chi connectivity index (χ2n) is 6.11. The monoisotopic (exact) mass is 367 g/mol. The topological polar surface area (TPSA) is 57.6 Å². The lowest BCUT2D eigenvalue weighted by Crippen LogP contribution is -2.52. The number of aliphatic carboxylic acids is 1. The summed E-state index contributed by atoms with van der Waals surface area (Å²) in [5, 5.41) is 9.47. The maximum Gasteiger partial charge on any atom is 0.329 e. The number of nitrogens with zero attached hydrogens (tertiary/aromatic N) is 1. The molecule has 1 heterocycles. The summed E-state index contributed by atoms with van der Waals surface area (Å²) >= 11 is 3.44. The zero-order valence-electron chi connectivity index (χ0n) is 13.0. The van der Waals surface area contributed by atoms with Gasteiger partial charge in [-0.05, 0) is 50.3 Å². The van der Waals surface area contributed by atoms with E-state index >= 15 is 0 Å². The number of carbonyl (C=O) groups is 2. The van der Waals surface area contributed by atoms with Gasteiger partial charge in [-0.3, -0.25) is 4.79 Å². The summed E-state index contributed by atoms with van der Waals surface area (Å²) in [5.41, 5.74) is 0.0349. The number of carboxylic acid groups (broad SMARTS) is 1. The molecule has 0 spiro atoms. The summed E-state index contributed by atoms with van der Waals surface area (Å²) in [5.74, 6) is -1.12. The van der Waals surface area contributed by atoms with Gasteiger partial charge in [-0.25, -0.2) is 4.79 Å². The number of amides is 1. The first-order valence-corrected chi connectivity index (χ1v) is 8.47. The van der Waals surface area contributed by atoms with E-state index < -0.39 is 11.5 Å². The summed E-state index contributed by atoms with van der Waals surface area (Å²) in [6.45, 7) is 4.18. The molecule has 0 bridgehead atoms. The number of carboxylic acids is 1. The van der Waals surface area contributed by atoms with Gasteiger partial charge in [0.15, 0.2) is 0 Å². The van der Waals surface area contributed by atoms with Gasteiger partial charge >= 0.3 is 5.97 Å². The van der Waals surface area contributed by atoms with E-state index in [1.54, 1.807) is 11.8 Å². The van der Waals surface area contributed by atoms with E-state index in [0.717, 1.165) is 16.5 Å². The summed E-state index contributed by atoms with van der Waals surface area (Å²) in [6.07, 6.45) is 2.63. The van der Waals surface area contributed by atoms with Crippen LogP contribution in [-0.2, 0) is 16.0 Å². The molecule has 2 atom stereocenters. The van der Waals surface area contributed by atoms with Crippen molar-refractivity contribution in [2.75, 3.05) is 6.54 Å². The Morgan fingerprint density at radius 3 is 2.77 bits per heavy atom. The van der Waals surface area contributed by atoms with E-state index in [-0.39, 0.29) is 11.8 Å². The second-order valence-corrected chi connectivity index (χ2v) is 7.03. The van der Waals surface area contributed by atoms with Crippen molar-refractivity contribution in [3.63, 3.8) is 0 Å². The molecule has 1 amide bonds. The van der Waals surface area contributed by atoms with Crippen LogP contribution < -0.4 is 0 Å².